The van der Waals surface area contributed by atoms with E-state index in [0.717, 1.165) is 44.9 Å². The second-order valence-electron chi connectivity index (χ2n) is 7.66. The minimum Gasteiger partial charge on any atom is -0.382 e. The maximum atomic E-state index is 13.6. The number of nitrogens with one attached hydrogen (secondary N) is 1. The van der Waals surface area contributed by atoms with Crippen LogP contribution in [0.1, 0.15) is 42.6 Å². The molecule has 3 aromatic heterocycles. The number of fused-ring (bicyclic) bond motifs is 1. The van der Waals surface area contributed by atoms with Crippen molar-refractivity contribution < 1.29 is 9.13 Å². The summed E-state index contributed by atoms with van der Waals surface area (Å²) in [5, 5.41) is 3.80. The smallest absolute Gasteiger partial charge is 0.135 e. The average Bonchev–Trinajstić information content (AvgIpc) is 3.00. The first-order chi connectivity index (χ1) is 13.8. The van der Waals surface area contributed by atoms with Gasteiger partial charge in [-0.1, -0.05) is 25.4 Å². The number of anilines is 1. The minimum atomic E-state index is -0.502. The van der Waals surface area contributed by atoms with E-state index >= 15 is 0 Å². The summed E-state index contributed by atoms with van der Waals surface area (Å²) in [5.41, 5.74) is 6.21. The molecule has 0 bridgehead atoms. The van der Waals surface area contributed by atoms with Gasteiger partial charge < -0.3 is 14.6 Å². The summed E-state index contributed by atoms with van der Waals surface area (Å²) in [4.78, 5) is 9.67. The Bertz CT molecular complexity index is 1030. The Morgan fingerprint density at radius 2 is 1.93 bits per heavy atom. The molecular formula is C22H28ClFN4O. The van der Waals surface area contributed by atoms with Crippen LogP contribution in [0.5, 0.6) is 0 Å². The molecular weight excluding hydrogens is 391 g/mol. The molecule has 0 radical (unpaired) electrons. The van der Waals surface area contributed by atoms with Crippen LogP contribution >= 0.6 is 11.6 Å². The van der Waals surface area contributed by atoms with Crippen LogP contribution in [0.2, 0.25) is 5.02 Å². The predicted molar refractivity (Wildman–Crippen MR) is 118 cm³/mol. The van der Waals surface area contributed by atoms with Gasteiger partial charge in [0.1, 0.15) is 12.5 Å². The number of aromatic nitrogens is 3. The fraction of sp³-hybridized carbons (Fsp3) is 0.455. The van der Waals surface area contributed by atoms with Crippen LogP contribution in [0.3, 0.4) is 0 Å². The number of aryl methyl sites for hydroxylation is 2. The van der Waals surface area contributed by atoms with Crippen molar-refractivity contribution in [2.24, 2.45) is 0 Å². The van der Waals surface area contributed by atoms with E-state index in [-0.39, 0.29) is 12.0 Å². The molecule has 3 rings (SSSR count). The summed E-state index contributed by atoms with van der Waals surface area (Å²) in [6.45, 7) is 7.92. The first kappa shape index (κ1) is 21.5. The third-order valence-corrected chi connectivity index (χ3v) is 5.45. The standard InChI is InChI=1S/C22H28ClFN4O/c1-12(2)19-17(23)8-16(22(25-5)27-19)20-13(3)7-18-21(26-20)14(4)10-28(18)15(9-24)11-29-6/h7-8,10,12,15H,9,11H2,1-6H3,(H,25,27)/t15-/m0/s1. The number of methoxy groups -OCH3 is 1. The third kappa shape index (κ3) is 3.96. The highest BCUT2D eigenvalue weighted by Crippen LogP contribution is 2.36. The second kappa shape index (κ2) is 8.67. The zero-order valence-electron chi connectivity index (χ0n) is 17.8. The third-order valence-electron chi connectivity index (χ3n) is 5.15. The first-order valence-electron chi connectivity index (χ1n) is 9.74. The molecule has 3 aromatic rings. The lowest BCUT2D eigenvalue weighted by molar-refractivity contribution is 0.142. The number of hydrogen-bond donors (Lipinski definition) is 1. The van der Waals surface area contributed by atoms with Crippen molar-refractivity contribution in [1.82, 2.24) is 14.5 Å². The maximum Gasteiger partial charge on any atom is 0.135 e. The van der Waals surface area contributed by atoms with Gasteiger partial charge in [-0.05, 0) is 43.0 Å². The summed E-state index contributed by atoms with van der Waals surface area (Å²) < 4.78 is 20.7. The molecule has 0 spiro atoms. The highest BCUT2D eigenvalue weighted by molar-refractivity contribution is 6.31. The van der Waals surface area contributed by atoms with Crippen LogP contribution in [0.25, 0.3) is 22.3 Å². The van der Waals surface area contributed by atoms with E-state index in [1.807, 2.05) is 43.8 Å². The molecule has 0 aliphatic heterocycles. The van der Waals surface area contributed by atoms with Crippen LogP contribution in [-0.2, 0) is 4.74 Å². The molecule has 0 aromatic carbocycles. The van der Waals surface area contributed by atoms with Crippen LogP contribution in [0.15, 0.2) is 18.3 Å². The van der Waals surface area contributed by atoms with Crippen molar-refractivity contribution in [2.45, 2.75) is 39.7 Å². The van der Waals surface area contributed by atoms with Crippen molar-refractivity contribution in [2.75, 3.05) is 32.8 Å². The number of hydrogen-bond acceptors (Lipinski definition) is 4. The number of pyridine rings is 2. The summed E-state index contributed by atoms with van der Waals surface area (Å²) in [7, 11) is 3.43. The van der Waals surface area contributed by atoms with Gasteiger partial charge in [0, 0.05) is 25.9 Å². The van der Waals surface area contributed by atoms with Crippen LogP contribution in [0.4, 0.5) is 10.2 Å². The summed E-state index contributed by atoms with van der Waals surface area (Å²) in [6, 6.07) is 3.60. The molecule has 1 N–H and O–H groups in total. The highest BCUT2D eigenvalue weighted by Gasteiger charge is 2.20. The molecule has 0 unspecified atom stereocenters. The van der Waals surface area contributed by atoms with Gasteiger partial charge in [0.15, 0.2) is 0 Å². The number of halogens is 2. The molecule has 1 atom stereocenters. The molecule has 0 fully saturated rings. The van der Waals surface area contributed by atoms with Crippen molar-refractivity contribution in [1.29, 1.82) is 0 Å². The minimum absolute atomic E-state index is 0.217. The molecule has 7 heteroatoms. The first-order valence-corrected chi connectivity index (χ1v) is 10.1. The number of alkyl halides is 1. The Hall–Kier alpha value is -2.18. The fourth-order valence-electron chi connectivity index (χ4n) is 3.67. The van der Waals surface area contributed by atoms with E-state index < -0.39 is 6.67 Å². The lowest BCUT2D eigenvalue weighted by Gasteiger charge is -2.17. The van der Waals surface area contributed by atoms with Gasteiger partial charge in [0.2, 0.25) is 0 Å². The van der Waals surface area contributed by atoms with Gasteiger partial charge in [0.05, 0.1) is 40.1 Å². The molecule has 0 saturated heterocycles. The fourth-order valence-corrected chi connectivity index (χ4v) is 4.04. The Kier molecular flexibility index (Phi) is 6.44. The summed E-state index contributed by atoms with van der Waals surface area (Å²) in [5.74, 6) is 0.959. The van der Waals surface area contributed by atoms with Gasteiger partial charge in [0.25, 0.3) is 0 Å². The number of ether oxygens (including phenoxy) is 1. The van der Waals surface area contributed by atoms with Crippen LogP contribution < -0.4 is 5.32 Å². The van der Waals surface area contributed by atoms with Gasteiger partial charge in [-0.15, -0.1) is 0 Å². The average molecular weight is 419 g/mol. The highest BCUT2D eigenvalue weighted by atomic mass is 35.5. The van der Waals surface area contributed by atoms with Gasteiger partial charge in [-0.2, -0.15) is 0 Å². The van der Waals surface area contributed by atoms with Crippen molar-refractivity contribution >= 4 is 28.5 Å². The molecule has 156 valence electrons. The Labute approximate surface area is 176 Å². The van der Waals surface area contributed by atoms with E-state index in [1.54, 1.807) is 7.11 Å². The normalized spacial score (nSPS) is 12.7. The zero-order valence-corrected chi connectivity index (χ0v) is 18.6. The van der Waals surface area contributed by atoms with E-state index in [4.69, 9.17) is 26.3 Å². The molecule has 5 nitrogen and oxygen atoms in total. The van der Waals surface area contributed by atoms with Crippen molar-refractivity contribution in [3.8, 4) is 11.3 Å². The topological polar surface area (TPSA) is 52.0 Å². The van der Waals surface area contributed by atoms with Crippen molar-refractivity contribution in [3.05, 3.63) is 40.2 Å². The lowest BCUT2D eigenvalue weighted by atomic mass is 10.0. The Morgan fingerprint density at radius 3 is 2.52 bits per heavy atom. The van der Waals surface area contributed by atoms with Crippen molar-refractivity contribution in [3.63, 3.8) is 0 Å². The molecule has 0 aliphatic carbocycles. The molecule has 0 amide bonds. The van der Waals surface area contributed by atoms with Gasteiger partial charge >= 0.3 is 0 Å². The second-order valence-corrected chi connectivity index (χ2v) is 8.07. The van der Waals surface area contributed by atoms with E-state index in [2.05, 4.69) is 19.2 Å². The van der Waals surface area contributed by atoms with E-state index in [0.29, 0.717) is 11.6 Å². The molecule has 0 aliphatic rings. The SMILES string of the molecule is CNc1nc(C(C)C)c(Cl)cc1-c1nc2c(C)cn([C@@H](CF)COC)c2cc1C. The summed E-state index contributed by atoms with van der Waals surface area (Å²) in [6.07, 6.45) is 1.94. The zero-order chi connectivity index (χ0) is 21.3. The van der Waals surface area contributed by atoms with Crippen LogP contribution in [-0.4, -0.2) is 42.0 Å². The predicted octanol–water partition coefficient (Wildman–Crippen LogP) is 5.69. The van der Waals surface area contributed by atoms with Crippen LogP contribution in [0, 0.1) is 13.8 Å². The number of rotatable bonds is 7. The number of nitrogens with zero attached hydrogens (tertiary/aromatic N) is 3. The summed E-state index contributed by atoms with van der Waals surface area (Å²) >= 11 is 6.53. The molecule has 3 heterocycles. The lowest BCUT2D eigenvalue weighted by Crippen LogP contribution is -2.15. The monoisotopic (exact) mass is 418 g/mol. The quantitative estimate of drug-likeness (QED) is 0.535. The van der Waals surface area contributed by atoms with E-state index in [9.17, 15) is 4.39 Å². The maximum absolute atomic E-state index is 13.6. The molecule has 29 heavy (non-hydrogen) atoms. The Balaban J connectivity index is 2.21. The van der Waals surface area contributed by atoms with Gasteiger partial charge in [-0.3, -0.25) is 0 Å². The Morgan fingerprint density at radius 1 is 1.21 bits per heavy atom. The van der Waals surface area contributed by atoms with E-state index in [1.165, 1.54) is 0 Å². The largest absolute Gasteiger partial charge is 0.382 e. The van der Waals surface area contributed by atoms with Gasteiger partial charge in [-0.25, -0.2) is 14.4 Å². The molecule has 0 saturated carbocycles.